The fourth-order valence-electron chi connectivity index (χ4n) is 2.22. The van der Waals surface area contributed by atoms with E-state index in [1.165, 1.54) is 36.7 Å². The van der Waals surface area contributed by atoms with Gasteiger partial charge in [0.05, 0.1) is 18.0 Å². The van der Waals surface area contributed by atoms with E-state index in [4.69, 9.17) is 16.3 Å². The number of alkyl halides is 2. The summed E-state index contributed by atoms with van der Waals surface area (Å²) in [4.78, 5) is 15.0. The van der Waals surface area contributed by atoms with Gasteiger partial charge in [0.1, 0.15) is 0 Å². The molecule has 26 heavy (non-hydrogen) atoms. The summed E-state index contributed by atoms with van der Waals surface area (Å²) < 4.78 is 34.8. The summed E-state index contributed by atoms with van der Waals surface area (Å²) in [6.07, 6.45) is 3.03. The molecular weight excluding hydrogens is 384 g/mol. The van der Waals surface area contributed by atoms with Crippen LogP contribution in [0.5, 0.6) is 11.5 Å². The monoisotopic (exact) mass is 401 g/mol. The first kappa shape index (κ1) is 20.2. The lowest BCUT2D eigenvalue weighted by atomic mass is 10.2. The van der Waals surface area contributed by atoms with Crippen molar-refractivity contribution < 1.29 is 23.0 Å². The second kappa shape index (κ2) is 9.54. The molecule has 0 aliphatic carbocycles. The van der Waals surface area contributed by atoms with Gasteiger partial charge >= 0.3 is 6.61 Å². The topological polar surface area (TPSA) is 38.8 Å². The minimum absolute atomic E-state index is 0.0595. The highest BCUT2D eigenvalue weighted by molar-refractivity contribution is 7.16. The smallest absolute Gasteiger partial charge is 0.387 e. The second-order valence-corrected chi connectivity index (χ2v) is 6.98. The quantitative estimate of drug-likeness (QED) is 0.579. The molecule has 0 atom stereocenters. The minimum atomic E-state index is -2.93. The Kier molecular flexibility index (Phi) is 7.41. The molecule has 0 N–H and O–H groups in total. The van der Waals surface area contributed by atoms with Crippen molar-refractivity contribution in [1.82, 2.24) is 4.90 Å². The normalized spacial score (nSPS) is 11.2. The minimum Gasteiger partial charge on any atom is -0.493 e. The van der Waals surface area contributed by atoms with E-state index >= 15 is 0 Å². The van der Waals surface area contributed by atoms with Gasteiger partial charge in [-0.1, -0.05) is 17.7 Å². The molecule has 0 saturated carbocycles. The molecule has 1 heterocycles. The Morgan fingerprint density at radius 1 is 1.31 bits per heavy atom. The van der Waals surface area contributed by atoms with E-state index in [0.29, 0.717) is 23.0 Å². The van der Waals surface area contributed by atoms with Crippen LogP contribution in [0.1, 0.15) is 17.4 Å². The SMILES string of the molecule is CCN(Cc1ccc(Cl)s1)C(=O)/C=C/c1ccc(OC(F)F)c(OC)c1. The van der Waals surface area contributed by atoms with Gasteiger partial charge in [-0.3, -0.25) is 4.79 Å². The molecule has 2 aromatic rings. The van der Waals surface area contributed by atoms with Crippen LogP contribution in [0.25, 0.3) is 6.08 Å². The van der Waals surface area contributed by atoms with E-state index in [0.717, 1.165) is 4.88 Å². The van der Waals surface area contributed by atoms with Crippen molar-refractivity contribution in [2.75, 3.05) is 13.7 Å². The zero-order chi connectivity index (χ0) is 19.1. The lowest BCUT2D eigenvalue weighted by Gasteiger charge is -2.18. The molecule has 1 aromatic carbocycles. The third-order valence-electron chi connectivity index (χ3n) is 3.49. The predicted octanol–water partition coefficient (Wildman–Crippen LogP) is 5.07. The number of carbonyl (C=O) groups is 1. The number of nitrogens with zero attached hydrogens (tertiary/aromatic N) is 1. The number of thiophene rings is 1. The average molecular weight is 402 g/mol. The van der Waals surface area contributed by atoms with Gasteiger partial charge in [-0.25, -0.2) is 0 Å². The Morgan fingerprint density at radius 3 is 2.65 bits per heavy atom. The molecule has 140 valence electrons. The Hall–Kier alpha value is -2.12. The maximum Gasteiger partial charge on any atom is 0.387 e. The molecule has 1 aromatic heterocycles. The lowest BCUT2D eigenvalue weighted by Crippen LogP contribution is -2.28. The molecular formula is C18H18ClF2NO3S. The van der Waals surface area contributed by atoms with Gasteiger partial charge in [0.15, 0.2) is 11.5 Å². The van der Waals surface area contributed by atoms with E-state index in [9.17, 15) is 13.6 Å². The summed E-state index contributed by atoms with van der Waals surface area (Å²) in [7, 11) is 1.36. The van der Waals surface area contributed by atoms with Crippen LogP contribution in [0.4, 0.5) is 8.78 Å². The van der Waals surface area contributed by atoms with E-state index in [1.807, 2.05) is 13.0 Å². The number of amides is 1. The number of ether oxygens (including phenoxy) is 2. The van der Waals surface area contributed by atoms with Crippen molar-refractivity contribution in [3.63, 3.8) is 0 Å². The first-order chi connectivity index (χ1) is 12.4. The Morgan fingerprint density at radius 2 is 2.08 bits per heavy atom. The Balaban J connectivity index is 2.08. The second-order valence-electron chi connectivity index (χ2n) is 5.18. The van der Waals surface area contributed by atoms with Gasteiger partial charge in [-0.05, 0) is 42.8 Å². The summed E-state index contributed by atoms with van der Waals surface area (Å²) in [5.74, 6) is -0.0555. The summed E-state index contributed by atoms with van der Waals surface area (Å²) in [5.41, 5.74) is 0.632. The third-order valence-corrected chi connectivity index (χ3v) is 4.71. The summed E-state index contributed by atoms with van der Waals surface area (Å²) in [6.45, 7) is -0.0266. The van der Waals surface area contributed by atoms with Crippen LogP contribution in [-0.2, 0) is 11.3 Å². The van der Waals surface area contributed by atoms with Crippen molar-refractivity contribution in [2.45, 2.75) is 20.1 Å². The number of likely N-dealkylation sites (N-methyl/N-ethyl adjacent to an activating group) is 1. The van der Waals surface area contributed by atoms with E-state index in [1.54, 1.807) is 23.1 Å². The van der Waals surface area contributed by atoms with Crippen molar-refractivity contribution in [3.05, 3.63) is 51.2 Å². The van der Waals surface area contributed by atoms with Crippen LogP contribution in [0.3, 0.4) is 0 Å². The van der Waals surface area contributed by atoms with E-state index in [2.05, 4.69) is 4.74 Å². The highest BCUT2D eigenvalue weighted by Crippen LogP contribution is 2.30. The predicted molar refractivity (Wildman–Crippen MR) is 99.1 cm³/mol. The molecule has 4 nitrogen and oxygen atoms in total. The molecule has 0 aliphatic heterocycles. The number of rotatable bonds is 8. The summed E-state index contributed by atoms with van der Waals surface area (Å²) >= 11 is 7.34. The van der Waals surface area contributed by atoms with Gasteiger partial charge < -0.3 is 14.4 Å². The van der Waals surface area contributed by atoms with Gasteiger partial charge in [0.2, 0.25) is 5.91 Å². The number of halogens is 3. The van der Waals surface area contributed by atoms with Crippen LogP contribution in [-0.4, -0.2) is 31.1 Å². The Bertz CT molecular complexity index is 780. The first-order valence-corrected chi connectivity index (χ1v) is 8.96. The van der Waals surface area contributed by atoms with Crippen LogP contribution < -0.4 is 9.47 Å². The number of benzene rings is 1. The summed E-state index contributed by atoms with van der Waals surface area (Å²) in [5, 5.41) is 0. The maximum absolute atomic E-state index is 12.4. The zero-order valence-corrected chi connectivity index (χ0v) is 15.8. The van der Waals surface area contributed by atoms with Crippen molar-refractivity contribution in [3.8, 4) is 11.5 Å². The highest BCUT2D eigenvalue weighted by Gasteiger charge is 2.12. The molecule has 0 aliphatic rings. The van der Waals surface area contributed by atoms with Crippen LogP contribution in [0.15, 0.2) is 36.4 Å². The van der Waals surface area contributed by atoms with E-state index < -0.39 is 6.61 Å². The van der Waals surface area contributed by atoms with Gasteiger partial charge in [-0.15, -0.1) is 11.3 Å². The molecule has 0 spiro atoms. The fraction of sp³-hybridized carbons (Fsp3) is 0.278. The molecule has 0 radical (unpaired) electrons. The number of hydrogen-bond donors (Lipinski definition) is 0. The molecule has 0 unspecified atom stereocenters. The van der Waals surface area contributed by atoms with Crippen LogP contribution in [0, 0.1) is 0 Å². The molecule has 0 bridgehead atoms. The average Bonchev–Trinajstić information content (AvgIpc) is 3.03. The molecule has 1 amide bonds. The first-order valence-electron chi connectivity index (χ1n) is 7.77. The van der Waals surface area contributed by atoms with Crippen molar-refractivity contribution >= 4 is 34.9 Å². The molecule has 0 saturated heterocycles. The molecule has 8 heteroatoms. The number of carbonyl (C=O) groups excluding carboxylic acids is 1. The number of hydrogen-bond acceptors (Lipinski definition) is 4. The Labute approximate surface area is 159 Å². The van der Waals surface area contributed by atoms with Gasteiger partial charge in [0, 0.05) is 17.5 Å². The van der Waals surface area contributed by atoms with Crippen LogP contribution in [0.2, 0.25) is 4.34 Å². The van der Waals surface area contributed by atoms with Gasteiger partial charge in [0.25, 0.3) is 0 Å². The zero-order valence-electron chi connectivity index (χ0n) is 14.2. The summed E-state index contributed by atoms with van der Waals surface area (Å²) in [6, 6.07) is 8.15. The largest absolute Gasteiger partial charge is 0.493 e. The molecule has 2 rings (SSSR count). The van der Waals surface area contributed by atoms with Crippen molar-refractivity contribution in [2.24, 2.45) is 0 Å². The van der Waals surface area contributed by atoms with Gasteiger partial charge in [-0.2, -0.15) is 8.78 Å². The standard InChI is InChI=1S/C18H18ClF2NO3S/c1-3-22(11-13-6-8-16(19)26-13)17(23)9-5-12-4-7-14(25-18(20)21)15(10-12)24-2/h4-10,18H,3,11H2,1-2H3/b9-5+. The third kappa shape index (κ3) is 5.71. The lowest BCUT2D eigenvalue weighted by molar-refractivity contribution is -0.126. The van der Waals surface area contributed by atoms with Crippen molar-refractivity contribution in [1.29, 1.82) is 0 Å². The maximum atomic E-state index is 12.4. The number of methoxy groups -OCH3 is 1. The highest BCUT2D eigenvalue weighted by atomic mass is 35.5. The fourth-order valence-corrected chi connectivity index (χ4v) is 3.33. The van der Waals surface area contributed by atoms with Crippen LogP contribution >= 0.6 is 22.9 Å². The molecule has 0 fully saturated rings. The van der Waals surface area contributed by atoms with E-state index in [-0.39, 0.29) is 17.4 Å².